The average Bonchev–Trinajstić information content (AvgIpc) is 3.56. The number of hydrogen-bond donors (Lipinski definition) is 0. The SMILES string of the molecule is O=C(C1CC1c1ccccc1C(F)(F)F)N1CCCN(S(=O)(=O)c2ccc(F)cc2)CC1. The molecule has 2 unspecified atom stereocenters. The third-order valence-corrected chi connectivity index (χ3v) is 7.90. The van der Waals surface area contributed by atoms with Gasteiger partial charge < -0.3 is 4.90 Å². The fourth-order valence-electron chi connectivity index (χ4n) is 4.23. The number of amides is 1. The topological polar surface area (TPSA) is 57.7 Å². The lowest BCUT2D eigenvalue weighted by Crippen LogP contribution is -2.38. The van der Waals surface area contributed by atoms with Gasteiger partial charge in [0.1, 0.15) is 5.82 Å². The molecule has 0 bridgehead atoms. The molecule has 2 atom stereocenters. The maximum absolute atomic E-state index is 13.3. The molecule has 172 valence electrons. The van der Waals surface area contributed by atoms with E-state index in [0.29, 0.717) is 19.4 Å². The van der Waals surface area contributed by atoms with Crippen LogP contribution in [0.15, 0.2) is 53.4 Å². The molecule has 5 nitrogen and oxygen atoms in total. The van der Waals surface area contributed by atoms with Gasteiger partial charge in [-0.05, 0) is 54.7 Å². The van der Waals surface area contributed by atoms with E-state index in [1.165, 1.54) is 34.6 Å². The van der Waals surface area contributed by atoms with Crippen LogP contribution >= 0.6 is 0 Å². The van der Waals surface area contributed by atoms with Gasteiger partial charge in [-0.1, -0.05) is 18.2 Å². The molecule has 1 aliphatic heterocycles. The van der Waals surface area contributed by atoms with E-state index in [-0.39, 0.29) is 36.0 Å². The molecule has 0 aromatic heterocycles. The Morgan fingerprint density at radius 3 is 2.31 bits per heavy atom. The van der Waals surface area contributed by atoms with Crippen LogP contribution in [0.1, 0.15) is 29.9 Å². The summed E-state index contributed by atoms with van der Waals surface area (Å²) in [6, 6.07) is 9.86. The highest BCUT2D eigenvalue weighted by Gasteiger charge is 2.49. The summed E-state index contributed by atoms with van der Waals surface area (Å²) >= 11 is 0. The number of halogens is 4. The Hall–Kier alpha value is -2.46. The van der Waals surface area contributed by atoms with Gasteiger partial charge in [-0.15, -0.1) is 0 Å². The molecule has 1 saturated carbocycles. The van der Waals surface area contributed by atoms with Crippen LogP contribution in [0.25, 0.3) is 0 Å². The molecule has 10 heteroatoms. The van der Waals surface area contributed by atoms with Crippen LogP contribution in [0, 0.1) is 11.7 Å². The van der Waals surface area contributed by atoms with Crippen LogP contribution in [-0.4, -0.2) is 49.7 Å². The maximum atomic E-state index is 13.3. The van der Waals surface area contributed by atoms with Gasteiger partial charge in [0.15, 0.2) is 0 Å². The number of rotatable bonds is 4. The predicted octanol–water partition coefficient (Wildman–Crippen LogP) is 3.87. The van der Waals surface area contributed by atoms with Crippen molar-refractivity contribution in [2.45, 2.75) is 29.8 Å². The van der Waals surface area contributed by atoms with E-state index in [2.05, 4.69) is 0 Å². The van der Waals surface area contributed by atoms with Crippen LogP contribution < -0.4 is 0 Å². The molecule has 2 fully saturated rings. The van der Waals surface area contributed by atoms with Gasteiger partial charge >= 0.3 is 6.18 Å². The molecule has 1 heterocycles. The van der Waals surface area contributed by atoms with E-state index >= 15 is 0 Å². The fourth-order valence-corrected chi connectivity index (χ4v) is 5.70. The summed E-state index contributed by atoms with van der Waals surface area (Å²) in [7, 11) is -3.83. The highest BCUT2D eigenvalue weighted by Crippen LogP contribution is 2.51. The Labute approximate surface area is 183 Å². The maximum Gasteiger partial charge on any atom is 0.416 e. The molecule has 0 N–H and O–H groups in total. The Morgan fingerprint density at radius 2 is 1.62 bits per heavy atom. The largest absolute Gasteiger partial charge is 0.416 e. The van der Waals surface area contributed by atoms with Crippen molar-refractivity contribution in [1.29, 1.82) is 0 Å². The molecule has 1 amide bonds. The van der Waals surface area contributed by atoms with Crippen molar-refractivity contribution in [3.05, 3.63) is 65.5 Å². The van der Waals surface area contributed by atoms with Crippen LogP contribution in [0.5, 0.6) is 0 Å². The lowest BCUT2D eigenvalue weighted by molar-refractivity contribution is -0.138. The molecule has 1 saturated heterocycles. The van der Waals surface area contributed by atoms with Gasteiger partial charge in [0, 0.05) is 32.1 Å². The first-order valence-corrected chi connectivity index (χ1v) is 11.7. The van der Waals surface area contributed by atoms with E-state index in [0.717, 1.165) is 18.2 Å². The minimum absolute atomic E-state index is 0.0234. The van der Waals surface area contributed by atoms with Gasteiger partial charge in [-0.3, -0.25) is 4.79 Å². The molecule has 32 heavy (non-hydrogen) atoms. The van der Waals surface area contributed by atoms with Gasteiger partial charge in [-0.2, -0.15) is 17.5 Å². The Kier molecular flexibility index (Phi) is 6.02. The number of hydrogen-bond acceptors (Lipinski definition) is 3. The van der Waals surface area contributed by atoms with Gasteiger partial charge in [0.05, 0.1) is 10.5 Å². The number of sulfonamides is 1. The summed E-state index contributed by atoms with van der Waals surface area (Å²) < 4.78 is 80.0. The predicted molar refractivity (Wildman–Crippen MR) is 109 cm³/mol. The second-order valence-electron chi connectivity index (χ2n) is 8.07. The molecule has 0 radical (unpaired) electrons. The second kappa shape index (κ2) is 8.47. The third kappa shape index (κ3) is 4.52. The van der Waals surface area contributed by atoms with Crippen molar-refractivity contribution in [1.82, 2.24) is 9.21 Å². The summed E-state index contributed by atoms with van der Waals surface area (Å²) in [5.74, 6) is -1.79. The van der Waals surface area contributed by atoms with Gasteiger partial charge in [0.2, 0.25) is 15.9 Å². The first-order valence-electron chi connectivity index (χ1n) is 10.3. The summed E-state index contributed by atoms with van der Waals surface area (Å²) in [6.45, 7) is 0.762. The summed E-state index contributed by atoms with van der Waals surface area (Å²) in [5, 5.41) is 0. The number of nitrogens with zero attached hydrogens (tertiary/aromatic N) is 2. The summed E-state index contributed by atoms with van der Waals surface area (Å²) in [4.78, 5) is 14.5. The highest BCUT2D eigenvalue weighted by atomic mass is 32.2. The Morgan fingerprint density at radius 1 is 0.938 bits per heavy atom. The molecule has 2 aromatic rings. The minimum Gasteiger partial charge on any atom is -0.341 e. The van der Waals surface area contributed by atoms with E-state index in [1.54, 1.807) is 4.90 Å². The van der Waals surface area contributed by atoms with Crippen LogP contribution in [-0.2, 0) is 21.0 Å². The first kappa shape index (κ1) is 22.7. The normalized spacial score (nSPS) is 22.4. The van der Waals surface area contributed by atoms with Crippen molar-refractivity contribution < 1.29 is 30.8 Å². The zero-order valence-corrected chi connectivity index (χ0v) is 17.9. The zero-order valence-electron chi connectivity index (χ0n) is 17.1. The van der Waals surface area contributed by atoms with Gasteiger partial charge in [-0.25, -0.2) is 12.8 Å². The van der Waals surface area contributed by atoms with Crippen molar-refractivity contribution in [3.63, 3.8) is 0 Å². The van der Waals surface area contributed by atoms with Crippen molar-refractivity contribution in [3.8, 4) is 0 Å². The molecular weight excluding hydrogens is 448 g/mol. The smallest absolute Gasteiger partial charge is 0.341 e. The van der Waals surface area contributed by atoms with E-state index in [9.17, 15) is 30.8 Å². The highest BCUT2D eigenvalue weighted by molar-refractivity contribution is 7.89. The second-order valence-corrected chi connectivity index (χ2v) is 10.0. The standard InChI is InChI=1S/C22H22F4N2O3S/c23-15-6-8-16(9-7-15)32(30,31)28-11-3-10-27(12-13-28)21(29)19-14-18(19)17-4-1-2-5-20(17)22(24,25)26/h1-2,4-9,18-19H,3,10-14H2. The number of carbonyl (C=O) groups is 1. The molecular formula is C22H22F4N2O3S. The third-order valence-electron chi connectivity index (χ3n) is 5.99. The molecule has 1 aliphatic carbocycles. The number of carbonyl (C=O) groups excluding carboxylic acids is 1. The van der Waals surface area contributed by atoms with E-state index in [4.69, 9.17) is 0 Å². The first-order chi connectivity index (χ1) is 15.1. The molecule has 0 spiro atoms. The minimum atomic E-state index is -4.48. The number of alkyl halides is 3. The van der Waals surface area contributed by atoms with Crippen molar-refractivity contribution >= 4 is 15.9 Å². The Bertz CT molecular complexity index is 1100. The number of benzene rings is 2. The summed E-state index contributed by atoms with van der Waals surface area (Å²) in [6.07, 6.45) is -3.73. The zero-order chi connectivity index (χ0) is 23.1. The van der Waals surface area contributed by atoms with Crippen LogP contribution in [0.4, 0.5) is 17.6 Å². The monoisotopic (exact) mass is 470 g/mol. The quantitative estimate of drug-likeness (QED) is 0.638. The molecule has 2 aliphatic rings. The summed E-state index contributed by atoms with van der Waals surface area (Å²) in [5.41, 5.74) is -0.582. The Balaban J connectivity index is 1.43. The lowest BCUT2D eigenvalue weighted by atomic mass is 10.0. The van der Waals surface area contributed by atoms with Crippen LogP contribution in [0.3, 0.4) is 0 Å². The molecule has 4 rings (SSSR count). The lowest BCUT2D eigenvalue weighted by Gasteiger charge is -2.22. The van der Waals surface area contributed by atoms with E-state index in [1.807, 2.05) is 0 Å². The average molecular weight is 470 g/mol. The molecule has 2 aromatic carbocycles. The van der Waals surface area contributed by atoms with Crippen LogP contribution in [0.2, 0.25) is 0 Å². The van der Waals surface area contributed by atoms with E-state index < -0.39 is 39.4 Å². The van der Waals surface area contributed by atoms with Crippen molar-refractivity contribution in [2.24, 2.45) is 5.92 Å². The van der Waals surface area contributed by atoms with Gasteiger partial charge in [0.25, 0.3) is 0 Å². The fraction of sp³-hybridized carbons (Fsp3) is 0.409. The van der Waals surface area contributed by atoms with Crippen molar-refractivity contribution in [2.75, 3.05) is 26.2 Å².